The van der Waals surface area contributed by atoms with Gasteiger partial charge in [0.25, 0.3) is 17.0 Å². The van der Waals surface area contributed by atoms with Gasteiger partial charge in [0.1, 0.15) is 5.56 Å². The number of H-pyrrole nitrogens is 2. The molecular formula is C13H15N5O3. The van der Waals surface area contributed by atoms with E-state index in [0.29, 0.717) is 18.2 Å². The SMILES string of the molecule is Cc1cc(=O)[nH]c(NCCNC(=O)c2ccc[nH]c2=O)n1. The first-order valence-electron chi connectivity index (χ1n) is 6.34. The zero-order valence-corrected chi connectivity index (χ0v) is 11.4. The molecule has 2 heterocycles. The van der Waals surface area contributed by atoms with Gasteiger partial charge in [-0.25, -0.2) is 4.98 Å². The summed E-state index contributed by atoms with van der Waals surface area (Å²) in [5.74, 6) is -0.115. The third-order valence-electron chi connectivity index (χ3n) is 2.64. The number of aromatic amines is 2. The molecule has 0 bridgehead atoms. The number of rotatable bonds is 5. The number of aryl methyl sites for hydroxylation is 1. The second-order valence-corrected chi connectivity index (χ2v) is 4.33. The number of nitrogens with zero attached hydrogens (tertiary/aromatic N) is 1. The smallest absolute Gasteiger partial charge is 0.260 e. The summed E-state index contributed by atoms with van der Waals surface area (Å²) >= 11 is 0. The molecule has 2 aromatic heterocycles. The van der Waals surface area contributed by atoms with Crippen LogP contribution in [0, 0.1) is 6.92 Å². The molecule has 8 heteroatoms. The van der Waals surface area contributed by atoms with Crippen molar-refractivity contribution < 1.29 is 4.79 Å². The average Bonchev–Trinajstić information content (AvgIpc) is 2.43. The van der Waals surface area contributed by atoms with Crippen LogP contribution in [0.4, 0.5) is 5.95 Å². The summed E-state index contributed by atoms with van der Waals surface area (Å²) in [6.07, 6.45) is 1.46. The van der Waals surface area contributed by atoms with Gasteiger partial charge in [0.05, 0.1) is 0 Å². The molecule has 8 nitrogen and oxygen atoms in total. The fraction of sp³-hybridized carbons (Fsp3) is 0.231. The average molecular weight is 289 g/mol. The normalized spacial score (nSPS) is 10.1. The zero-order valence-electron chi connectivity index (χ0n) is 11.4. The molecular weight excluding hydrogens is 274 g/mol. The van der Waals surface area contributed by atoms with Gasteiger partial charge >= 0.3 is 0 Å². The number of hydrogen-bond donors (Lipinski definition) is 4. The maximum Gasteiger partial charge on any atom is 0.260 e. The molecule has 0 saturated heterocycles. The first-order chi connectivity index (χ1) is 10.1. The molecule has 0 spiro atoms. The van der Waals surface area contributed by atoms with E-state index in [1.165, 1.54) is 18.3 Å². The molecule has 2 rings (SSSR count). The lowest BCUT2D eigenvalue weighted by Crippen LogP contribution is -2.33. The largest absolute Gasteiger partial charge is 0.354 e. The lowest BCUT2D eigenvalue weighted by molar-refractivity contribution is 0.0953. The highest BCUT2D eigenvalue weighted by molar-refractivity contribution is 5.93. The molecule has 0 aliphatic carbocycles. The predicted molar refractivity (Wildman–Crippen MR) is 77.5 cm³/mol. The molecule has 21 heavy (non-hydrogen) atoms. The van der Waals surface area contributed by atoms with Crippen LogP contribution in [0.5, 0.6) is 0 Å². The number of carbonyl (C=O) groups excluding carboxylic acids is 1. The maximum absolute atomic E-state index is 11.8. The Hall–Kier alpha value is -2.90. The van der Waals surface area contributed by atoms with Crippen molar-refractivity contribution in [1.29, 1.82) is 0 Å². The lowest BCUT2D eigenvalue weighted by Gasteiger charge is -2.07. The molecule has 0 fully saturated rings. The van der Waals surface area contributed by atoms with Crippen LogP contribution in [-0.2, 0) is 0 Å². The lowest BCUT2D eigenvalue weighted by atomic mass is 10.2. The molecule has 0 aliphatic heterocycles. The summed E-state index contributed by atoms with van der Waals surface area (Å²) < 4.78 is 0. The highest BCUT2D eigenvalue weighted by Crippen LogP contribution is 1.94. The van der Waals surface area contributed by atoms with Gasteiger partial charge in [-0.3, -0.25) is 19.4 Å². The molecule has 4 N–H and O–H groups in total. The van der Waals surface area contributed by atoms with Crippen molar-refractivity contribution in [1.82, 2.24) is 20.3 Å². The van der Waals surface area contributed by atoms with Crippen LogP contribution < -0.4 is 21.8 Å². The molecule has 2 aromatic rings. The molecule has 0 atom stereocenters. The summed E-state index contributed by atoms with van der Waals surface area (Å²) in [5, 5.41) is 5.48. The predicted octanol–water partition coefficient (Wildman–Crippen LogP) is -0.391. The van der Waals surface area contributed by atoms with Gasteiger partial charge in [-0.05, 0) is 19.1 Å². The summed E-state index contributed by atoms with van der Waals surface area (Å²) in [6.45, 7) is 2.36. The number of aromatic nitrogens is 3. The maximum atomic E-state index is 11.8. The van der Waals surface area contributed by atoms with Crippen LogP contribution in [0.1, 0.15) is 16.1 Å². The number of carbonyl (C=O) groups is 1. The number of hydrogen-bond acceptors (Lipinski definition) is 5. The summed E-state index contributed by atoms with van der Waals surface area (Å²) in [7, 11) is 0. The van der Waals surface area contributed by atoms with Crippen LogP contribution in [0.25, 0.3) is 0 Å². The van der Waals surface area contributed by atoms with Crippen LogP contribution >= 0.6 is 0 Å². The van der Waals surface area contributed by atoms with E-state index in [0.717, 1.165) is 0 Å². The van der Waals surface area contributed by atoms with E-state index >= 15 is 0 Å². The topological polar surface area (TPSA) is 120 Å². The quantitative estimate of drug-likeness (QED) is 0.559. The number of nitrogens with one attached hydrogen (secondary N) is 4. The Balaban J connectivity index is 1.85. The van der Waals surface area contributed by atoms with Crippen molar-refractivity contribution in [3.8, 4) is 0 Å². The molecule has 0 unspecified atom stereocenters. The number of pyridine rings is 1. The molecule has 1 amide bonds. The van der Waals surface area contributed by atoms with E-state index in [9.17, 15) is 14.4 Å². The molecule has 0 radical (unpaired) electrons. The van der Waals surface area contributed by atoms with E-state index in [1.54, 1.807) is 13.0 Å². The second-order valence-electron chi connectivity index (χ2n) is 4.33. The van der Waals surface area contributed by atoms with Crippen molar-refractivity contribution in [2.75, 3.05) is 18.4 Å². The van der Waals surface area contributed by atoms with Crippen molar-refractivity contribution in [2.45, 2.75) is 6.92 Å². The van der Waals surface area contributed by atoms with Crippen molar-refractivity contribution in [2.24, 2.45) is 0 Å². The highest BCUT2D eigenvalue weighted by Gasteiger charge is 2.08. The van der Waals surface area contributed by atoms with Crippen molar-refractivity contribution in [3.05, 3.63) is 56.4 Å². The van der Waals surface area contributed by atoms with E-state index in [1.807, 2.05) is 0 Å². The van der Waals surface area contributed by atoms with Gasteiger partial charge in [0.15, 0.2) is 0 Å². The third-order valence-corrected chi connectivity index (χ3v) is 2.64. The molecule has 0 aromatic carbocycles. The summed E-state index contributed by atoms with van der Waals surface area (Å²) in [4.78, 5) is 43.4. The monoisotopic (exact) mass is 289 g/mol. The van der Waals surface area contributed by atoms with Gasteiger partial charge < -0.3 is 15.6 Å². The zero-order chi connectivity index (χ0) is 15.2. The summed E-state index contributed by atoms with van der Waals surface area (Å²) in [5.41, 5.74) is -0.0295. The van der Waals surface area contributed by atoms with Crippen LogP contribution in [0.2, 0.25) is 0 Å². The minimum atomic E-state index is -0.454. The number of amides is 1. The van der Waals surface area contributed by atoms with Gasteiger partial charge in [0, 0.05) is 31.0 Å². The standard InChI is InChI=1S/C13H15N5O3/c1-8-7-10(19)18-13(17-8)16-6-5-15-12(21)9-3-2-4-14-11(9)20/h2-4,7H,5-6H2,1H3,(H,14,20)(H,15,21)(H2,16,17,18,19). The van der Waals surface area contributed by atoms with Gasteiger partial charge in [0.2, 0.25) is 5.95 Å². The Morgan fingerprint density at radius 2 is 2.14 bits per heavy atom. The van der Waals surface area contributed by atoms with Crippen molar-refractivity contribution in [3.63, 3.8) is 0 Å². The number of anilines is 1. The first-order valence-corrected chi connectivity index (χ1v) is 6.34. The van der Waals surface area contributed by atoms with E-state index in [2.05, 4.69) is 25.6 Å². The van der Waals surface area contributed by atoms with E-state index < -0.39 is 11.5 Å². The van der Waals surface area contributed by atoms with Crippen LogP contribution in [0.15, 0.2) is 34.0 Å². The fourth-order valence-corrected chi connectivity index (χ4v) is 1.72. The Labute approximate surface area is 119 Å². The molecule has 110 valence electrons. The second kappa shape index (κ2) is 6.51. The van der Waals surface area contributed by atoms with E-state index in [-0.39, 0.29) is 17.7 Å². The van der Waals surface area contributed by atoms with Crippen LogP contribution in [0.3, 0.4) is 0 Å². The Morgan fingerprint density at radius 3 is 2.86 bits per heavy atom. The van der Waals surface area contributed by atoms with E-state index in [4.69, 9.17) is 0 Å². The Kier molecular flexibility index (Phi) is 4.50. The Morgan fingerprint density at radius 1 is 1.33 bits per heavy atom. The first kappa shape index (κ1) is 14.5. The Bertz CT molecular complexity index is 750. The third kappa shape index (κ3) is 4.03. The van der Waals surface area contributed by atoms with Gasteiger partial charge in [-0.2, -0.15) is 0 Å². The molecule has 0 aliphatic rings. The summed E-state index contributed by atoms with van der Waals surface area (Å²) in [6, 6.07) is 4.41. The molecule has 0 saturated carbocycles. The van der Waals surface area contributed by atoms with Crippen LogP contribution in [-0.4, -0.2) is 33.9 Å². The highest BCUT2D eigenvalue weighted by atomic mass is 16.2. The van der Waals surface area contributed by atoms with Gasteiger partial charge in [-0.15, -0.1) is 0 Å². The fourth-order valence-electron chi connectivity index (χ4n) is 1.72. The van der Waals surface area contributed by atoms with Crippen molar-refractivity contribution >= 4 is 11.9 Å². The minimum absolute atomic E-state index is 0.0552. The minimum Gasteiger partial charge on any atom is -0.354 e. The van der Waals surface area contributed by atoms with Gasteiger partial charge in [-0.1, -0.05) is 0 Å².